The van der Waals surface area contributed by atoms with Crippen LogP contribution in [0.15, 0.2) is 23.1 Å². The second-order valence-electron chi connectivity index (χ2n) is 4.81. The Morgan fingerprint density at radius 3 is 2.85 bits per heavy atom. The average molecular weight is 318 g/mol. The summed E-state index contributed by atoms with van der Waals surface area (Å²) in [5, 5.41) is 0.253. The first kappa shape index (κ1) is 15.6. The maximum Gasteiger partial charge on any atom is 0.245 e. The van der Waals surface area contributed by atoms with Crippen LogP contribution < -0.4 is 10.5 Å². The van der Waals surface area contributed by atoms with E-state index < -0.39 is 20.7 Å². The van der Waals surface area contributed by atoms with Gasteiger partial charge >= 0.3 is 0 Å². The van der Waals surface area contributed by atoms with E-state index in [1.165, 1.54) is 12.1 Å². The minimum atomic E-state index is -3.92. The van der Waals surface area contributed by atoms with Crippen molar-refractivity contribution in [2.75, 3.05) is 11.5 Å². The molecular weight excluding hydrogens is 299 g/mol. The van der Waals surface area contributed by atoms with E-state index in [0.29, 0.717) is 0 Å². The van der Waals surface area contributed by atoms with Gasteiger partial charge in [-0.3, -0.25) is 0 Å². The molecule has 112 valence electrons. The number of benzene rings is 1. The van der Waals surface area contributed by atoms with Gasteiger partial charge in [0.1, 0.15) is 10.7 Å². The molecule has 1 aromatic rings. The molecule has 0 spiro atoms. The molecule has 0 saturated heterocycles. The predicted molar refractivity (Wildman–Crippen MR) is 80.7 cm³/mol. The standard InChI is InChI=1S/C13H19FN2O2S2/c1-2-19-12-8-4-7-11(12)16-20(17,18)13-9(14)5-3-6-10(13)15/h3,5-6,11-12,16H,2,4,7-8,15H2,1H3. The molecule has 1 fully saturated rings. The summed E-state index contributed by atoms with van der Waals surface area (Å²) in [6.07, 6.45) is 2.75. The first-order valence-electron chi connectivity index (χ1n) is 6.63. The zero-order valence-corrected chi connectivity index (χ0v) is 12.9. The molecule has 0 radical (unpaired) electrons. The summed E-state index contributed by atoms with van der Waals surface area (Å²) in [6, 6.07) is 3.75. The van der Waals surface area contributed by atoms with Gasteiger partial charge in [0.2, 0.25) is 10.0 Å². The summed E-state index contributed by atoms with van der Waals surface area (Å²) in [5.74, 6) is 0.125. The fourth-order valence-electron chi connectivity index (χ4n) is 2.54. The largest absolute Gasteiger partial charge is 0.398 e. The highest BCUT2D eigenvalue weighted by molar-refractivity contribution is 8.00. The minimum Gasteiger partial charge on any atom is -0.398 e. The molecule has 4 nitrogen and oxygen atoms in total. The smallest absolute Gasteiger partial charge is 0.245 e. The van der Waals surface area contributed by atoms with Crippen molar-refractivity contribution >= 4 is 27.5 Å². The molecule has 2 unspecified atom stereocenters. The van der Waals surface area contributed by atoms with Crippen molar-refractivity contribution in [3.8, 4) is 0 Å². The molecule has 1 aliphatic rings. The molecule has 1 aromatic carbocycles. The highest BCUT2D eigenvalue weighted by Gasteiger charge is 2.33. The highest BCUT2D eigenvalue weighted by atomic mass is 32.2. The van der Waals surface area contributed by atoms with E-state index >= 15 is 0 Å². The zero-order chi connectivity index (χ0) is 14.8. The van der Waals surface area contributed by atoms with E-state index in [1.54, 1.807) is 11.8 Å². The minimum absolute atomic E-state index is 0.0600. The number of nitrogen functional groups attached to an aromatic ring is 1. The van der Waals surface area contributed by atoms with Crippen molar-refractivity contribution in [3.63, 3.8) is 0 Å². The van der Waals surface area contributed by atoms with Gasteiger partial charge in [0.05, 0.1) is 5.69 Å². The molecule has 2 rings (SSSR count). The number of hydrogen-bond donors (Lipinski definition) is 2. The lowest BCUT2D eigenvalue weighted by Crippen LogP contribution is -2.39. The quantitative estimate of drug-likeness (QED) is 0.818. The van der Waals surface area contributed by atoms with Crippen molar-refractivity contribution in [1.82, 2.24) is 4.72 Å². The normalized spacial score (nSPS) is 23.1. The van der Waals surface area contributed by atoms with E-state index in [-0.39, 0.29) is 17.0 Å². The summed E-state index contributed by atoms with van der Waals surface area (Å²) in [6.45, 7) is 2.05. The van der Waals surface area contributed by atoms with Gasteiger partial charge in [0.25, 0.3) is 0 Å². The number of sulfonamides is 1. The summed E-state index contributed by atoms with van der Waals surface area (Å²) < 4.78 is 41.1. The van der Waals surface area contributed by atoms with Crippen LogP contribution in [0.1, 0.15) is 26.2 Å². The molecule has 0 aliphatic heterocycles. The van der Waals surface area contributed by atoms with Gasteiger partial charge in [-0.25, -0.2) is 17.5 Å². The van der Waals surface area contributed by atoms with E-state index in [4.69, 9.17) is 5.73 Å². The second-order valence-corrected chi connectivity index (χ2v) is 7.98. The molecular formula is C13H19FN2O2S2. The number of hydrogen-bond acceptors (Lipinski definition) is 4. The fraction of sp³-hybridized carbons (Fsp3) is 0.538. The van der Waals surface area contributed by atoms with Crippen molar-refractivity contribution in [2.45, 2.75) is 42.4 Å². The van der Waals surface area contributed by atoms with Crippen molar-refractivity contribution in [3.05, 3.63) is 24.0 Å². The summed E-state index contributed by atoms with van der Waals surface area (Å²) in [5.41, 5.74) is 5.55. The molecule has 7 heteroatoms. The van der Waals surface area contributed by atoms with Crippen LogP contribution in [-0.4, -0.2) is 25.5 Å². The van der Waals surface area contributed by atoms with Gasteiger partial charge in [-0.05, 0) is 30.7 Å². The third-order valence-electron chi connectivity index (χ3n) is 3.41. The Balaban J connectivity index is 2.23. The Morgan fingerprint density at radius 2 is 2.20 bits per heavy atom. The lowest BCUT2D eigenvalue weighted by molar-refractivity contribution is 0.540. The summed E-state index contributed by atoms with van der Waals surface area (Å²) in [4.78, 5) is -0.438. The third kappa shape index (κ3) is 3.27. The fourth-order valence-corrected chi connectivity index (χ4v) is 5.33. The van der Waals surface area contributed by atoms with E-state index in [1.807, 2.05) is 6.92 Å². The van der Waals surface area contributed by atoms with Gasteiger partial charge in [-0.2, -0.15) is 11.8 Å². The van der Waals surface area contributed by atoms with Crippen LogP contribution in [0.4, 0.5) is 10.1 Å². The molecule has 20 heavy (non-hydrogen) atoms. The molecule has 0 heterocycles. The summed E-state index contributed by atoms with van der Waals surface area (Å²) >= 11 is 1.74. The Hall–Kier alpha value is -0.790. The van der Waals surface area contributed by atoms with Crippen molar-refractivity contribution in [2.24, 2.45) is 0 Å². The number of anilines is 1. The Bertz CT molecular complexity index is 557. The number of rotatable bonds is 5. The van der Waals surface area contributed by atoms with Crippen LogP contribution in [-0.2, 0) is 10.0 Å². The molecule has 1 saturated carbocycles. The third-order valence-corrected chi connectivity index (χ3v) is 6.31. The first-order chi connectivity index (χ1) is 9.45. The molecule has 1 aliphatic carbocycles. The van der Waals surface area contributed by atoms with E-state index in [9.17, 15) is 12.8 Å². The molecule has 3 N–H and O–H groups in total. The van der Waals surface area contributed by atoms with Crippen molar-refractivity contribution < 1.29 is 12.8 Å². The van der Waals surface area contributed by atoms with Crippen LogP contribution in [0, 0.1) is 5.82 Å². The average Bonchev–Trinajstić information content (AvgIpc) is 2.76. The van der Waals surface area contributed by atoms with Gasteiger partial charge in [-0.15, -0.1) is 0 Å². The molecule has 0 amide bonds. The lowest BCUT2D eigenvalue weighted by Gasteiger charge is -2.20. The Kier molecular flexibility index (Phi) is 4.93. The zero-order valence-electron chi connectivity index (χ0n) is 11.3. The summed E-state index contributed by atoms with van der Waals surface area (Å²) in [7, 11) is -3.92. The van der Waals surface area contributed by atoms with Crippen LogP contribution in [0.5, 0.6) is 0 Å². The number of halogens is 1. The highest BCUT2D eigenvalue weighted by Crippen LogP contribution is 2.31. The monoisotopic (exact) mass is 318 g/mol. The first-order valence-corrected chi connectivity index (χ1v) is 9.17. The van der Waals surface area contributed by atoms with Crippen molar-refractivity contribution in [1.29, 1.82) is 0 Å². The maximum atomic E-state index is 13.8. The molecule has 0 bridgehead atoms. The molecule has 0 aromatic heterocycles. The maximum absolute atomic E-state index is 13.8. The predicted octanol–water partition coefficient (Wildman–Crippen LogP) is 2.36. The van der Waals surface area contributed by atoms with E-state index in [0.717, 1.165) is 31.1 Å². The number of nitrogens with two attached hydrogens (primary N) is 1. The number of thioether (sulfide) groups is 1. The number of nitrogens with one attached hydrogen (secondary N) is 1. The lowest BCUT2D eigenvalue weighted by atomic mass is 10.3. The molecule has 2 atom stereocenters. The van der Waals surface area contributed by atoms with E-state index in [2.05, 4.69) is 4.72 Å². The topological polar surface area (TPSA) is 72.2 Å². The van der Waals surface area contributed by atoms with Crippen LogP contribution >= 0.6 is 11.8 Å². The SMILES string of the molecule is CCSC1CCCC1NS(=O)(=O)c1c(N)cccc1F. The second kappa shape index (κ2) is 6.32. The van der Waals surface area contributed by atoms with Gasteiger partial charge < -0.3 is 5.73 Å². The van der Waals surface area contributed by atoms with Crippen LogP contribution in [0.3, 0.4) is 0 Å². The van der Waals surface area contributed by atoms with Gasteiger partial charge in [-0.1, -0.05) is 19.4 Å². The Morgan fingerprint density at radius 1 is 1.45 bits per heavy atom. The Labute approximate surface area is 123 Å². The van der Waals surface area contributed by atoms with Gasteiger partial charge in [0.15, 0.2) is 0 Å². The van der Waals surface area contributed by atoms with Crippen LogP contribution in [0.2, 0.25) is 0 Å². The van der Waals surface area contributed by atoms with Crippen LogP contribution in [0.25, 0.3) is 0 Å². The van der Waals surface area contributed by atoms with Gasteiger partial charge in [0, 0.05) is 11.3 Å².